The molecule has 0 bridgehead atoms. The van der Waals surface area contributed by atoms with Crippen molar-refractivity contribution in [2.24, 2.45) is 33.8 Å². The van der Waals surface area contributed by atoms with E-state index in [-0.39, 0.29) is 44.2 Å². The summed E-state index contributed by atoms with van der Waals surface area (Å²) in [5, 5.41) is 21.2. The van der Waals surface area contributed by atoms with Gasteiger partial charge in [0.25, 0.3) is 0 Å². The first-order valence-corrected chi connectivity index (χ1v) is 18.9. The summed E-state index contributed by atoms with van der Waals surface area (Å²) >= 11 is 0. The van der Waals surface area contributed by atoms with Crippen molar-refractivity contribution in [2.75, 3.05) is 19.6 Å². The molecule has 18 nitrogen and oxygen atoms in total. The number of hydrogen-bond acceptors (Lipinski definition) is 9. The maximum Gasteiger partial charge on any atom is 0.326 e. The summed E-state index contributed by atoms with van der Waals surface area (Å²) in [5.41, 5.74) is 24.4. The first-order chi connectivity index (χ1) is 26.1. The van der Waals surface area contributed by atoms with Gasteiger partial charge in [0.05, 0.1) is 6.04 Å². The number of fused-ring (bicyclic) bond motifs is 1. The van der Waals surface area contributed by atoms with Crippen LogP contribution in [0.3, 0.4) is 0 Å². The van der Waals surface area contributed by atoms with Crippen molar-refractivity contribution in [3.05, 3.63) is 36.0 Å². The number of H-pyrrole nitrogens is 1. The quantitative estimate of drug-likeness (QED) is 0.0406. The van der Waals surface area contributed by atoms with Crippen LogP contribution in [-0.4, -0.2) is 112 Å². The van der Waals surface area contributed by atoms with E-state index in [1.165, 1.54) is 11.8 Å². The molecule has 1 aromatic carbocycles. The monoisotopic (exact) mass is 769 g/mol. The number of aromatic amines is 1. The van der Waals surface area contributed by atoms with Crippen LogP contribution in [0.25, 0.3) is 10.9 Å². The molecule has 0 unspecified atom stereocenters. The average molecular weight is 770 g/mol. The van der Waals surface area contributed by atoms with E-state index in [0.717, 1.165) is 16.5 Å². The fourth-order valence-corrected chi connectivity index (χ4v) is 6.57. The molecule has 304 valence electrons. The number of unbranched alkanes of at least 4 members (excludes halogenated alkanes) is 1. The highest BCUT2D eigenvalue weighted by atomic mass is 16.4. The van der Waals surface area contributed by atoms with Crippen LogP contribution in [0, 0.1) is 5.92 Å². The van der Waals surface area contributed by atoms with E-state index < -0.39 is 71.8 Å². The third-order valence-electron chi connectivity index (χ3n) is 9.50. The van der Waals surface area contributed by atoms with Gasteiger partial charge in [0.2, 0.25) is 29.5 Å². The van der Waals surface area contributed by atoms with Crippen LogP contribution in [0.15, 0.2) is 35.5 Å². The molecule has 14 N–H and O–H groups in total. The fourth-order valence-electron chi connectivity index (χ4n) is 6.57. The number of rotatable bonds is 22. The molecule has 0 radical (unpaired) electrons. The highest BCUT2D eigenvalue weighted by Gasteiger charge is 2.39. The van der Waals surface area contributed by atoms with Gasteiger partial charge < -0.3 is 59.2 Å². The molecule has 2 aromatic rings. The number of aliphatic imine (C=N–C) groups is 1. The zero-order chi connectivity index (χ0) is 40.7. The van der Waals surface area contributed by atoms with E-state index >= 15 is 0 Å². The van der Waals surface area contributed by atoms with Crippen LogP contribution in [0.5, 0.6) is 0 Å². The maximum atomic E-state index is 14.0. The summed E-state index contributed by atoms with van der Waals surface area (Å²) in [4.78, 5) is 87.7. The SMILES string of the molecule is CC(C)C[C@H](NC(=O)[C@@H]1CCCN1C(=O)[C@H](CCCCN)NC(=O)[C@@H](N)Cc1c[nH]c2ccccc12)C(=O)N[C@@H](C)C(=O)N[C@@H](CCCN=C(N)N)C(=O)O. The first kappa shape index (κ1) is 44.2. The van der Waals surface area contributed by atoms with Crippen molar-refractivity contribution < 1.29 is 33.9 Å². The van der Waals surface area contributed by atoms with Crippen molar-refractivity contribution in [2.45, 2.75) is 115 Å². The Hall–Kier alpha value is -5.23. The third kappa shape index (κ3) is 13.5. The summed E-state index contributed by atoms with van der Waals surface area (Å²) in [7, 11) is 0. The van der Waals surface area contributed by atoms with Gasteiger partial charge in [-0.15, -0.1) is 0 Å². The number of carboxylic acid groups (broad SMARTS) is 1. The predicted molar refractivity (Wildman–Crippen MR) is 208 cm³/mol. The van der Waals surface area contributed by atoms with Crippen LogP contribution in [0.4, 0.5) is 0 Å². The number of benzene rings is 1. The summed E-state index contributed by atoms with van der Waals surface area (Å²) in [6.45, 7) is 6.00. The van der Waals surface area contributed by atoms with Gasteiger partial charge in [0.1, 0.15) is 30.2 Å². The number of nitrogens with two attached hydrogens (primary N) is 4. The topological polar surface area (TPSA) is 306 Å². The molecule has 6 atom stereocenters. The fraction of sp³-hybridized carbons (Fsp3) is 0.595. The lowest BCUT2D eigenvalue weighted by atomic mass is 10.0. The van der Waals surface area contributed by atoms with E-state index in [1.807, 2.05) is 44.3 Å². The molecule has 2 heterocycles. The zero-order valence-electron chi connectivity index (χ0n) is 32.0. The van der Waals surface area contributed by atoms with Crippen LogP contribution in [0.1, 0.15) is 77.7 Å². The lowest BCUT2D eigenvalue weighted by Gasteiger charge is -2.31. The van der Waals surface area contributed by atoms with Crippen LogP contribution in [0.2, 0.25) is 0 Å². The number of para-hydroxylation sites is 1. The van der Waals surface area contributed by atoms with Crippen LogP contribution < -0.4 is 44.2 Å². The number of hydrogen-bond donors (Lipinski definition) is 10. The molecule has 3 rings (SSSR count). The van der Waals surface area contributed by atoms with E-state index in [9.17, 15) is 33.9 Å². The molecule has 1 aromatic heterocycles. The highest BCUT2D eigenvalue weighted by molar-refractivity contribution is 5.96. The standard InChI is InChI=1S/C37H59N11O7/c1-21(2)18-29(33(51)44-22(3)31(49)46-28(36(54)55)13-8-16-42-37(40)41)47-34(52)30-14-9-17-48(30)35(53)27(12-6-7-15-38)45-32(50)25(39)19-23-20-43-26-11-5-4-10-24(23)26/h4-5,10-11,20-22,25,27-30,43H,6-9,12-19,38-39H2,1-3H3,(H,44,51)(H,45,50)(H,46,49)(H,47,52)(H,54,55)(H4,40,41,42)/t22-,25-,27-,28-,29-,30-/m0/s1. The Morgan fingerprint density at radius 2 is 1.60 bits per heavy atom. The molecule has 55 heavy (non-hydrogen) atoms. The molecule has 0 aliphatic carbocycles. The summed E-state index contributed by atoms with van der Waals surface area (Å²) < 4.78 is 0. The average Bonchev–Trinajstić information content (AvgIpc) is 3.79. The molecule has 18 heteroatoms. The minimum Gasteiger partial charge on any atom is -0.480 e. The number of aliphatic carboxylic acids is 1. The Bertz CT molecular complexity index is 1660. The Morgan fingerprint density at radius 3 is 2.27 bits per heavy atom. The van der Waals surface area contributed by atoms with Crippen molar-refractivity contribution in [1.82, 2.24) is 31.2 Å². The van der Waals surface area contributed by atoms with Gasteiger partial charge in [0, 0.05) is 30.2 Å². The third-order valence-corrected chi connectivity index (χ3v) is 9.50. The second kappa shape index (κ2) is 21.6. The van der Waals surface area contributed by atoms with Gasteiger partial charge in [-0.3, -0.25) is 29.0 Å². The maximum absolute atomic E-state index is 14.0. The number of carbonyl (C=O) groups excluding carboxylic acids is 5. The van der Waals surface area contributed by atoms with Gasteiger partial charge in [-0.1, -0.05) is 32.0 Å². The Labute approximate surface area is 321 Å². The minimum atomic E-state index is -1.26. The number of nitrogens with one attached hydrogen (secondary N) is 5. The second-order valence-electron chi connectivity index (χ2n) is 14.5. The number of nitrogens with zero attached hydrogens (tertiary/aromatic N) is 2. The predicted octanol–water partition coefficient (Wildman–Crippen LogP) is -0.699. The zero-order valence-corrected chi connectivity index (χ0v) is 32.0. The molecule has 5 amide bonds. The van der Waals surface area contributed by atoms with Gasteiger partial charge in [-0.05, 0) is 88.8 Å². The van der Waals surface area contributed by atoms with Crippen LogP contribution >= 0.6 is 0 Å². The lowest BCUT2D eigenvalue weighted by Crippen LogP contribution is -2.58. The van der Waals surface area contributed by atoms with E-state index in [1.54, 1.807) is 0 Å². The molecule has 0 saturated carbocycles. The largest absolute Gasteiger partial charge is 0.480 e. The number of aromatic nitrogens is 1. The van der Waals surface area contributed by atoms with E-state index in [4.69, 9.17) is 22.9 Å². The molecular weight excluding hydrogens is 710 g/mol. The van der Waals surface area contributed by atoms with E-state index in [0.29, 0.717) is 45.1 Å². The van der Waals surface area contributed by atoms with Crippen molar-refractivity contribution in [1.29, 1.82) is 0 Å². The Kier molecular flexibility index (Phi) is 17.4. The molecular formula is C37H59N11O7. The molecule has 1 saturated heterocycles. The second-order valence-corrected chi connectivity index (χ2v) is 14.5. The van der Waals surface area contributed by atoms with Gasteiger partial charge >= 0.3 is 5.97 Å². The number of guanidine groups is 1. The van der Waals surface area contributed by atoms with Gasteiger partial charge in [-0.2, -0.15) is 0 Å². The number of amides is 5. The number of carboxylic acids is 1. The van der Waals surface area contributed by atoms with Gasteiger partial charge in [0.15, 0.2) is 5.96 Å². The summed E-state index contributed by atoms with van der Waals surface area (Å²) in [5.74, 6) is -4.27. The van der Waals surface area contributed by atoms with Crippen molar-refractivity contribution in [3.8, 4) is 0 Å². The molecule has 1 fully saturated rings. The van der Waals surface area contributed by atoms with Crippen molar-refractivity contribution >= 4 is 52.4 Å². The summed E-state index contributed by atoms with van der Waals surface area (Å²) in [6, 6.07) is 1.45. The highest BCUT2D eigenvalue weighted by Crippen LogP contribution is 2.22. The lowest BCUT2D eigenvalue weighted by molar-refractivity contribution is -0.143. The number of likely N-dealkylation sites (tertiary alicyclic amines) is 1. The summed E-state index contributed by atoms with van der Waals surface area (Å²) in [6.07, 6.45) is 4.98. The minimum absolute atomic E-state index is 0.0429. The first-order valence-electron chi connectivity index (χ1n) is 18.9. The van der Waals surface area contributed by atoms with Gasteiger partial charge in [-0.25, -0.2) is 4.79 Å². The van der Waals surface area contributed by atoms with E-state index in [2.05, 4.69) is 31.2 Å². The molecule has 1 aliphatic heterocycles. The molecule has 1 aliphatic rings. The van der Waals surface area contributed by atoms with Crippen molar-refractivity contribution in [3.63, 3.8) is 0 Å². The smallest absolute Gasteiger partial charge is 0.326 e. The Morgan fingerprint density at radius 1 is 0.909 bits per heavy atom. The Balaban J connectivity index is 1.66. The van der Waals surface area contributed by atoms with Crippen LogP contribution in [-0.2, 0) is 35.2 Å². The normalized spacial score (nSPS) is 16.8. The number of carbonyl (C=O) groups is 6. The molecule has 0 spiro atoms.